The summed E-state index contributed by atoms with van der Waals surface area (Å²) in [5.74, 6) is -3.07. The number of aliphatic hydroxyl groups excluding tert-OH is 1. The van der Waals surface area contributed by atoms with Crippen LogP contribution in [0.3, 0.4) is 0 Å². The molecule has 4 atom stereocenters. The van der Waals surface area contributed by atoms with Crippen molar-refractivity contribution < 1.29 is 34.8 Å². The van der Waals surface area contributed by atoms with Crippen molar-refractivity contribution in [3.8, 4) is 22.6 Å². The second kappa shape index (κ2) is 16.6. The molecule has 0 unspecified atom stereocenters. The van der Waals surface area contributed by atoms with E-state index in [0.717, 1.165) is 4.90 Å². The van der Waals surface area contributed by atoms with E-state index in [4.69, 9.17) is 17.2 Å². The van der Waals surface area contributed by atoms with Gasteiger partial charge < -0.3 is 47.8 Å². The predicted molar refractivity (Wildman–Crippen MR) is 161 cm³/mol. The molecule has 15 heteroatoms. The zero-order valence-electron chi connectivity index (χ0n) is 22.4. The molecule has 3 rings (SSSR count). The van der Waals surface area contributed by atoms with Crippen molar-refractivity contribution in [3.63, 3.8) is 0 Å². The van der Waals surface area contributed by atoms with E-state index in [0.29, 0.717) is 28.7 Å². The van der Waals surface area contributed by atoms with Crippen molar-refractivity contribution in [3.05, 3.63) is 47.0 Å². The number of fused-ring (bicyclic) bond motifs is 5. The van der Waals surface area contributed by atoms with Crippen molar-refractivity contribution in [2.75, 3.05) is 20.1 Å². The molecular weight excluding hydrogens is 601 g/mol. The normalized spacial score (nSPS) is 19.7. The van der Waals surface area contributed by atoms with E-state index in [1.54, 1.807) is 18.2 Å². The summed E-state index contributed by atoms with van der Waals surface area (Å²) in [4.78, 5) is 39.6. The second-order valence-corrected chi connectivity index (χ2v) is 9.52. The number of aromatic hydroxyl groups is 2. The molecular formula is C26H38Cl3N5O7. The molecule has 4 bridgehead atoms. The molecule has 0 radical (unpaired) electrons. The first-order valence-electron chi connectivity index (χ1n) is 12.3. The highest BCUT2D eigenvalue weighted by Gasteiger charge is 2.35. The van der Waals surface area contributed by atoms with Crippen molar-refractivity contribution in [2.45, 2.75) is 49.9 Å². The number of aliphatic carboxylic acids is 1. The Bertz CT molecular complexity index is 1220. The molecule has 2 aromatic carbocycles. The fourth-order valence-corrected chi connectivity index (χ4v) is 4.58. The van der Waals surface area contributed by atoms with Gasteiger partial charge >= 0.3 is 5.97 Å². The number of hydrogen-bond donors (Lipinski definition) is 8. The smallest absolute Gasteiger partial charge is 0.326 e. The number of rotatable bonds is 6. The molecule has 12 nitrogen and oxygen atoms in total. The maximum Gasteiger partial charge on any atom is 0.326 e. The SMILES string of the molecule is CN1C(=O)[C@H](C[C@@H](O)CN)NC(=O)[C@@H](N)Cc2cc(ccc2O)-c2cc(c(O)cc2CCN)C[C@H]1C(=O)O.Cl.Cl.Cl. The highest BCUT2D eigenvalue weighted by atomic mass is 35.5. The number of carboxylic acid groups (broad SMARTS) is 1. The molecule has 1 heterocycles. The van der Waals surface area contributed by atoms with Crippen molar-refractivity contribution in [1.82, 2.24) is 10.2 Å². The topological polar surface area (TPSA) is 225 Å². The number of nitrogens with two attached hydrogens (primary N) is 3. The summed E-state index contributed by atoms with van der Waals surface area (Å²) < 4.78 is 0. The maximum absolute atomic E-state index is 13.4. The minimum absolute atomic E-state index is 0. The summed E-state index contributed by atoms with van der Waals surface area (Å²) in [6.07, 6.45) is -1.33. The van der Waals surface area contributed by atoms with Gasteiger partial charge in [0.1, 0.15) is 23.6 Å². The predicted octanol–water partition coefficient (Wildman–Crippen LogP) is 0.0634. The summed E-state index contributed by atoms with van der Waals surface area (Å²) in [5, 5.41) is 43.8. The number of phenolic OH excluding ortho intramolecular Hbond substituents is 2. The molecule has 0 saturated heterocycles. The molecule has 0 fully saturated rings. The van der Waals surface area contributed by atoms with Crippen molar-refractivity contribution >= 4 is 55.0 Å². The zero-order chi connectivity index (χ0) is 28.1. The number of hydrogen-bond acceptors (Lipinski definition) is 9. The number of aliphatic hydroxyl groups is 1. The van der Waals surface area contributed by atoms with Crippen LogP contribution in [0.25, 0.3) is 11.1 Å². The van der Waals surface area contributed by atoms with Gasteiger partial charge in [-0.1, -0.05) is 6.07 Å². The molecule has 2 amide bonds. The first-order valence-corrected chi connectivity index (χ1v) is 12.3. The molecule has 0 saturated carbocycles. The average Bonchev–Trinajstić information content (AvgIpc) is 2.87. The van der Waals surface area contributed by atoms with Crippen molar-refractivity contribution in [1.29, 1.82) is 0 Å². The van der Waals surface area contributed by atoms with Crippen LogP contribution < -0.4 is 22.5 Å². The lowest BCUT2D eigenvalue weighted by Crippen LogP contribution is -2.56. The molecule has 0 aromatic heterocycles. The van der Waals surface area contributed by atoms with E-state index in [1.165, 1.54) is 19.2 Å². The van der Waals surface area contributed by atoms with E-state index in [9.17, 15) is 34.8 Å². The van der Waals surface area contributed by atoms with Crippen LogP contribution in [-0.2, 0) is 33.6 Å². The molecule has 230 valence electrons. The Morgan fingerprint density at radius 2 is 1.68 bits per heavy atom. The summed E-state index contributed by atoms with van der Waals surface area (Å²) in [7, 11) is 1.27. The molecule has 2 aromatic rings. The van der Waals surface area contributed by atoms with Crippen LogP contribution in [0.4, 0.5) is 0 Å². The monoisotopic (exact) mass is 637 g/mol. The standard InChI is InChI=1S/C26H35N5O7.3ClH/c1-31-21(26(37)38)9-16-7-18(14(4-5-27)10-23(16)34)13-2-3-22(33)15(6-13)8-19(29)24(35)30-20(25(31)36)11-17(32)12-28;;;/h2-3,6-7,10,17,19-21,32-34H,4-5,8-9,11-12,27-29H2,1H3,(H,30,35)(H,37,38);3*1H/t17-,19+,20+,21+;;;/m1.../s1. The third-order valence-electron chi connectivity index (χ3n) is 6.79. The van der Waals surface area contributed by atoms with Crippen LogP contribution >= 0.6 is 37.2 Å². The Labute approximate surface area is 256 Å². The number of amides is 2. The van der Waals surface area contributed by atoms with Crippen LogP contribution in [0.2, 0.25) is 0 Å². The molecule has 11 N–H and O–H groups in total. The van der Waals surface area contributed by atoms with Gasteiger partial charge in [0.15, 0.2) is 0 Å². The van der Waals surface area contributed by atoms with Gasteiger partial charge in [-0.25, -0.2) is 4.79 Å². The van der Waals surface area contributed by atoms with E-state index in [2.05, 4.69) is 5.32 Å². The number of phenols is 2. The fourth-order valence-electron chi connectivity index (χ4n) is 4.58. The molecule has 1 aliphatic rings. The van der Waals surface area contributed by atoms with E-state index in [-0.39, 0.29) is 86.6 Å². The van der Waals surface area contributed by atoms with E-state index in [1.807, 2.05) is 0 Å². The zero-order valence-corrected chi connectivity index (χ0v) is 24.8. The lowest BCUT2D eigenvalue weighted by atomic mass is 9.90. The van der Waals surface area contributed by atoms with Crippen LogP contribution in [0.5, 0.6) is 11.5 Å². The Balaban J connectivity index is 0.00000533. The highest BCUT2D eigenvalue weighted by molar-refractivity contribution is 5.92. The average molecular weight is 639 g/mol. The fraction of sp³-hybridized carbons (Fsp3) is 0.423. The van der Waals surface area contributed by atoms with Crippen LogP contribution in [0.1, 0.15) is 23.1 Å². The summed E-state index contributed by atoms with van der Waals surface area (Å²) in [5.41, 5.74) is 20.1. The minimum atomic E-state index is -1.41. The number of nitrogens with one attached hydrogen (secondary N) is 1. The first-order chi connectivity index (χ1) is 18.0. The number of carboxylic acids is 1. The quantitative estimate of drug-likeness (QED) is 0.212. The van der Waals surface area contributed by atoms with Crippen LogP contribution in [0.15, 0.2) is 30.3 Å². The Hall–Kier alpha value is -2.84. The number of carbonyl (C=O) groups excluding carboxylic acids is 2. The van der Waals surface area contributed by atoms with Gasteiger partial charge in [-0.05, 0) is 65.0 Å². The van der Waals surface area contributed by atoms with Gasteiger partial charge in [-0.15, -0.1) is 37.2 Å². The lowest BCUT2D eigenvalue weighted by molar-refractivity contribution is -0.150. The summed E-state index contributed by atoms with van der Waals surface area (Å²) in [6, 6.07) is 4.04. The Morgan fingerprint density at radius 1 is 1.05 bits per heavy atom. The first kappa shape index (κ1) is 38.2. The van der Waals surface area contributed by atoms with E-state index < -0.39 is 42.0 Å². The Kier molecular flexibility index (Phi) is 15.4. The van der Waals surface area contributed by atoms with Gasteiger partial charge in [0.05, 0.1) is 12.1 Å². The van der Waals surface area contributed by atoms with Gasteiger partial charge in [0.25, 0.3) is 0 Å². The number of likely N-dealkylation sites (N-methyl/N-ethyl adjacent to an activating group) is 1. The maximum atomic E-state index is 13.4. The summed E-state index contributed by atoms with van der Waals surface area (Å²) >= 11 is 0. The number of nitrogens with zero attached hydrogens (tertiary/aromatic N) is 1. The molecule has 0 aliphatic carbocycles. The lowest BCUT2D eigenvalue weighted by Gasteiger charge is -2.30. The minimum Gasteiger partial charge on any atom is -0.508 e. The second-order valence-electron chi connectivity index (χ2n) is 9.52. The van der Waals surface area contributed by atoms with Gasteiger partial charge in [0.2, 0.25) is 11.8 Å². The van der Waals surface area contributed by atoms with E-state index >= 15 is 0 Å². The summed E-state index contributed by atoms with van der Waals surface area (Å²) in [6.45, 7) is 0.0943. The third-order valence-corrected chi connectivity index (χ3v) is 6.79. The largest absolute Gasteiger partial charge is 0.508 e. The van der Waals surface area contributed by atoms with Gasteiger partial charge in [0, 0.05) is 32.9 Å². The van der Waals surface area contributed by atoms with Crippen molar-refractivity contribution in [2.24, 2.45) is 17.2 Å². The molecule has 0 spiro atoms. The van der Waals surface area contributed by atoms with Crippen LogP contribution in [0, 0.1) is 0 Å². The van der Waals surface area contributed by atoms with Gasteiger partial charge in [-0.2, -0.15) is 0 Å². The highest BCUT2D eigenvalue weighted by Crippen LogP contribution is 2.34. The van der Waals surface area contributed by atoms with Gasteiger partial charge in [-0.3, -0.25) is 9.59 Å². The Morgan fingerprint density at radius 3 is 2.27 bits per heavy atom. The molecule has 1 aliphatic heterocycles. The number of carbonyl (C=O) groups is 3. The van der Waals surface area contributed by atoms with Crippen LogP contribution in [-0.4, -0.2) is 87.5 Å². The third kappa shape index (κ3) is 9.07. The number of halogens is 3. The number of benzene rings is 2. The molecule has 41 heavy (non-hydrogen) atoms.